The predicted molar refractivity (Wildman–Crippen MR) is 54.8 cm³/mol. The summed E-state index contributed by atoms with van der Waals surface area (Å²) >= 11 is 0. The van der Waals surface area contributed by atoms with Gasteiger partial charge in [-0.05, 0) is 18.1 Å². The minimum absolute atomic E-state index is 0.158. The minimum Gasteiger partial charge on any atom is -0.342 e. The third-order valence-electron chi connectivity index (χ3n) is 2.41. The summed E-state index contributed by atoms with van der Waals surface area (Å²) in [6, 6.07) is 3.35. The van der Waals surface area contributed by atoms with Crippen molar-refractivity contribution >= 4 is 11.0 Å². The Morgan fingerprint density at radius 1 is 1.29 bits per heavy atom. The Hall–Kier alpha value is -1.38. The van der Waals surface area contributed by atoms with Crippen molar-refractivity contribution in [1.29, 1.82) is 0 Å². The lowest BCUT2D eigenvalue weighted by Crippen LogP contribution is -1.87. The van der Waals surface area contributed by atoms with Crippen molar-refractivity contribution < 1.29 is 4.39 Å². The van der Waals surface area contributed by atoms with Gasteiger partial charge < -0.3 is 4.98 Å². The number of nitrogens with one attached hydrogen (secondary N) is 1. The maximum Gasteiger partial charge on any atom is 0.128 e. The van der Waals surface area contributed by atoms with Gasteiger partial charge in [0, 0.05) is 12.5 Å². The number of H-pyrrole nitrogens is 1. The molecule has 0 aliphatic rings. The van der Waals surface area contributed by atoms with Crippen LogP contribution in [0.25, 0.3) is 11.0 Å². The van der Waals surface area contributed by atoms with E-state index in [0.29, 0.717) is 6.42 Å². The van der Waals surface area contributed by atoms with Gasteiger partial charge in [-0.2, -0.15) is 0 Å². The van der Waals surface area contributed by atoms with Crippen LogP contribution in [0.3, 0.4) is 0 Å². The number of aromatic amines is 1. The van der Waals surface area contributed by atoms with Crippen LogP contribution in [0.4, 0.5) is 4.39 Å². The lowest BCUT2D eigenvalue weighted by atomic mass is 10.1. The number of halogens is 1. The molecular weight excluding hydrogens is 179 g/mol. The lowest BCUT2D eigenvalue weighted by Gasteiger charge is -1.97. The van der Waals surface area contributed by atoms with Crippen molar-refractivity contribution in [1.82, 2.24) is 9.97 Å². The fourth-order valence-electron chi connectivity index (χ4n) is 1.57. The van der Waals surface area contributed by atoms with Gasteiger partial charge in [-0.3, -0.25) is 0 Å². The Bertz CT molecular complexity index is 460. The molecule has 0 spiro atoms. The van der Waals surface area contributed by atoms with Gasteiger partial charge in [0.2, 0.25) is 0 Å². The van der Waals surface area contributed by atoms with E-state index >= 15 is 0 Å². The molecule has 1 N–H and O–H groups in total. The molecule has 1 aromatic carbocycles. The van der Waals surface area contributed by atoms with Gasteiger partial charge in [0.05, 0.1) is 11.0 Å². The van der Waals surface area contributed by atoms with Crippen LogP contribution < -0.4 is 0 Å². The fraction of sp³-hybridized carbons (Fsp3) is 0.364. The first kappa shape index (κ1) is 9.19. The van der Waals surface area contributed by atoms with Gasteiger partial charge in [-0.15, -0.1) is 0 Å². The van der Waals surface area contributed by atoms with Crippen molar-refractivity contribution in [2.24, 2.45) is 0 Å². The molecule has 14 heavy (non-hydrogen) atoms. The topological polar surface area (TPSA) is 28.7 Å². The van der Waals surface area contributed by atoms with Crippen LogP contribution in [-0.4, -0.2) is 9.97 Å². The first-order chi connectivity index (χ1) is 6.74. The van der Waals surface area contributed by atoms with E-state index in [1.54, 1.807) is 0 Å². The number of hydrogen-bond acceptors (Lipinski definition) is 1. The molecule has 0 fully saturated rings. The summed E-state index contributed by atoms with van der Waals surface area (Å²) in [5, 5.41) is 0. The molecule has 1 aromatic heterocycles. The molecule has 74 valence electrons. The van der Waals surface area contributed by atoms with Crippen LogP contribution in [0.15, 0.2) is 12.1 Å². The normalized spacial score (nSPS) is 11.1. The highest BCUT2D eigenvalue weighted by molar-refractivity contribution is 5.76. The highest BCUT2D eigenvalue weighted by Crippen LogP contribution is 2.17. The number of aromatic nitrogens is 2. The highest BCUT2D eigenvalue weighted by atomic mass is 19.1. The average Bonchev–Trinajstić information content (AvgIpc) is 2.58. The van der Waals surface area contributed by atoms with E-state index in [2.05, 4.69) is 9.97 Å². The lowest BCUT2D eigenvalue weighted by molar-refractivity contribution is 0.614. The summed E-state index contributed by atoms with van der Waals surface area (Å²) in [4.78, 5) is 7.44. The van der Waals surface area contributed by atoms with E-state index in [1.165, 1.54) is 6.07 Å². The fourth-order valence-corrected chi connectivity index (χ4v) is 1.57. The number of imidazole rings is 1. The molecule has 0 atom stereocenters. The molecule has 0 aliphatic carbocycles. The van der Waals surface area contributed by atoms with E-state index in [9.17, 15) is 4.39 Å². The minimum atomic E-state index is -0.158. The van der Waals surface area contributed by atoms with Gasteiger partial charge in [0.25, 0.3) is 0 Å². The van der Waals surface area contributed by atoms with Gasteiger partial charge in [0.1, 0.15) is 11.6 Å². The summed E-state index contributed by atoms with van der Waals surface area (Å²) in [6.45, 7) is 3.97. The maximum absolute atomic E-state index is 13.4. The molecule has 2 nitrogen and oxygen atoms in total. The number of rotatable bonds is 2. The third kappa shape index (κ3) is 1.39. The Morgan fingerprint density at radius 3 is 2.71 bits per heavy atom. The van der Waals surface area contributed by atoms with Crippen LogP contribution in [0.5, 0.6) is 0 Å². The van der Waals surface area contributed by atoms with Gasteiger partial charge in [-0.1, -0.05) is 13.8 Å². The quantitative estimate of drug-likeness (QED) is 0.778. The second-order valence-electron chi connectivity index (χ2n) is 3.35. The number of fused-ring (bicyclic) bond motifs is 1. The Morgan fingerprint density at radius 2 is 2.07 bits per heavy atom. The number of benzene rings is 1. The second kappa shape index (κ2) is 3.40. The molecule has 0 radical (unpaired) electrons. The van der Waals surface area contributed by atoms with Gasteiger partial charge in [-0.25, -0.2) is 9.37 Å². The summed E-state index contributed by atoms with van der Waals surface area (Å²) < 4.78 is 13.4. The molecule has 0 bridgehead atoms. The zero-order chi connectivity index (χ0) is 10.1. The smallest absolute Gasteiger partial charge is 0.128 e. The van der Waals surface area contributed by atoms with Crippen molar-refractivity contribution in [3.8, 4) is 0 Å². The van der Waals surface area contributed by atoms with Crippen LogP contribution in [-0.2, 0) is 12.8 Å². The predicted octanol–water partition coefficient (Wildman–Crippen LogP) is 2.83. The largest absolute Gasteiger partial charge is 0.342 e. The van der Waals surface area contributed by atoms with E-state index in [0.717, 1.165) is 28.8 Å². The van der Waals surface area contributed by atoms with Gasteiger partial charge >= 0.3 is 0 Å². The number of aryl methyl sites for hydroxylation is 2. The molecule has 0 unspecified atom stereocenters. The first-order valence-electron chi connectivity index (χ1n) is 4.91. The zero-order valence-corrected chi connectivity index (χ0v) is 8.39. The SMILES string of the molecule is CCc1nc2cc(F)c(CC)cc2[nH]1. The molecule has 2 aromatic rings. The molecule has 3 heteroatoms. The molecule has 0 saturated carbocycles. The summed E-state index contributed by atoms with van der Waals surface area (Å²) in [5.74, 6) is 0.752. The van der Waals surface area contributed by atoms with Crippen LogP contribution >= 0.6 is 0 Å². The Kier molecular flexibility index (Phi) is 2.23. The monoisotopic (exact) mass is 192 g/mol. The summed E-state index contributed by atoms with van der Waals surface area (Å²) in [7, 11) is 0. The Labute approximate surface area is 82.2 Å². The van der Waals surface area contributed by atoms with Crippen molar-refractivity contribution in [3.63, 3.8) is 0 Å². The van der Waals surface area contributed by atoms with E-state index in [4.69, 9.17) is 0 Å². The summed E-state index contributed by atoms with van der Waals surface area (Å²) in [5.41, 5.74) is 2.39. The molecular formula is C11H13FN2. The van der Waals surface area contributed by atoms with Crippen LogP contribution in [0.1, 0.15) is 25.2 Å². The highest BCUT2D eigenvalue weighted by Gasteiger charge is 2.06. The van der Waals surface area contributed by atoms with Crippen LogP contribution in [0, 0.1) is 5.82 Å². The van der Waals surface area contributed by atoms with E-state index < -0.39 is 0 Å². The van der Waals surface area contributed by atoms with Crippen molar-refractivity contribution in [2.45, 2.75) is 26.7 Å². The molecule has 1 heterocycles. The molecule has 2 rings (SSSR count). The van der Waals surface area contributed by atoms with E-state index in [1.807, 2.05) is 19.9 Å². The summed E-state index contributed by atoms with van der Waals surface area (Å²) in [6.07, 6.45) is 1.56. The number of nitrogens with zero attached hydrogens (tertiary/aromatic N) is 1. The van der Waals surface area contributed by atoms with Crippen molar-refractivity contribution in [2.75, 3.05) is 0 Å². The zero-order valence-electron chi connectivity index (χ0n) is 8.39. The molecule has 0 amide bonds. The van der Waals surface area contributed by atoms with Gasteiger partial charge in [0.15, 0.2) is 0 Å². The number of hydrogen-bond donors (Lipinski definition) is 1. The molecule has 0 aliphatic heterocycles. The Balaban J connectivity index is 2.64. The van der Waals surface area contributed by atoms with Crippen molar-refractivity contribution in [3.05, 3.63) is 29.3 Å². The third-order valence-corrected chi connectivity index (χ3v) is 2.41. The standard InChI is InChI=1S/C11H13FN2/c1-3-7-5-9-10(6-8(7)12)14-11(4-2)13-9/h5-6H,3-4H2,1-2H3,(H,13,14). The van der Waals surface area contributed by atoms with Crippen LogP contribution in [0.2, 0.25) is 0 Å². The first-order valence-corrected chi connectivity index (χ1v) is 4.91. The second-order valence-corrected chi connectivity index (χ2v) is 3.35. The average molecular weight is 192 g/mol. The maximum atomic E-state index is 13.4. The molecule has 0 saturated heterocycles. The van der Waals surface area contributed by atoms with E-state index in [-0.39, 0.29) is 5.82 Å².